The summed E-state index contributed by atoms with van der Waals surface area (Å²) in [6.07, 6.45) is 0. The van der Waals surface area contributed by atoms with E-state index in [2.05, 4.69) is 107 Å². The molecule has 0 saturated carbocycles. The summed E-state index contributed by atoms with van der Waals surface area (Å²) in [7, 11) is 0. The van der Waals surface area contributed by atoms with E-state index in [1.807, 2.05) is 36.4 Å². The van der Waals surface area contributed by atoms with Crippen LogP contribution in [0.1, 0.15) is 0 Å². The van der Waals surface area contributed by atoms with Crippen molar-refractivity contribution in [2.45, 2.75) is 0 Å². The van der Waals surface area contributed by atoms with Crippen molar-refractivity contribution >= 4 is 38.9 Å². The molecule has 0 aliphatic carbocycles. The molecule has 3 heterocycles. The van der Waals surface area contributed by atoms with Gasteiger partial charge in [-0.2, -0.15) is 0 Å². The summed E-state index contributed by atoms with van der Waals surface area (Å²) in [5, 5.41) is 2.53. The van der Waals surface area contributed by atoms with E-state index in [0.717, 1.165) is 56.9 Å². The summed E-state index contributed by atoms with van der Waals surface area (Å²) in [6.45, 7) is 0. The van der Waals surface area contributed by atoms with Crippen molar-refractivity contribution in [2.75, 3.05) is 4.90 Å². The first-order chi connectivity index (χ1) is 19.8. The van der Waals surface area contributed by atoms with E-state index in [1.165, 1.54) is 21.8 Å². The first-order valence-corrected chi connectivity index (χ1v) is 13.4. The van der Waals surface area contributed by atoms with E-state index >= 15 is 0 Å². The molecule has 0 unspecified atom stereocenters. The molecule has 40 heavy (non-hydrogen) atoms. The SMILES string of the molecule is c1ccc2c(c1)Oc1cccc3c1N2c1ccc(-c2ccc(-n4c5ccccc5c5ccccc54)cc2)cc1O3. The third kappa shape index (κ3) is 2.96. The molecule has 0 atom stereocenters. The maximum atomic E-state index is 6.45. The van der Waals surface area contributed by atoms with Gasteiger partial charge in [0.1, 0.15) is 5.69 Å². The molecule has 0 fully saturated rings. The number of anilines is 3. The quantitative estimate of drug-likeness (QED) is 0.230. The van der Waals surface area contributed by atoms with Crippen LogP contribution < -0.4 is 14.4 Å². The largest absolute Gasteiger partial charge is 0.453 e. The standard InChI is InChI=1S/C36H22N2O2/c1-3-10-28-26(8-1)27-9-2-4-11-29(27)37(28)25-19-16-23(17-20-25)24-18-21-31-35(22-24)40-34-15-7-14-33-36(34)38(31)30-12-5-6-13-32(30)39-33/h1-22H. The van der Waals surface area contributed by atoms with Gasteiger partial charge in [-0.25, -0.2) is 0 Å². The molecule has 0 spiro atoms. The van der Waals surface area contributed by atoms with E-state index in [9.17, 15) is 0 Å². The topological polar surface area (TPSA) is 26.6 Å². The normalized spacial score (nSPS) is 12.8. The van der Waals surface area contributed by atoms with Crippen molar-refractivity contribution in [3.05, 3.63) is 133 Å². The molecular formula is C36H22N2O2. The van der Waals surface area contributed by atoms with Gasteiger partial charge < -0.3 is 14.0 Å². The number of nitrogens with zero attached hydrogens (tertiary/aromatic N) is 2. The lowest BCUT2D eigenvalue weighted by molar-refractivity contribution is 0.446. The number of para-hydroxylation sites is 5. The molecule has 9 rings (SSSR count). The van der Waals surface area contributed by atoms with Gasteiger partial charge in [0.05, 0.1) is 22.4 Å². The van der Waals surface area contributed by atoms with Crippen LogP contribution in [0.15, 0.2) is 133 Å². The molecule has 7 aromatic rings. The lowest BCUT2D eigenvalue weighted by Crippen LogP contribution is -2.20. The van der Waals surface area contributed by atoms with Crippen molar-refractivity contribution in [1.82, 2.24) is 4.57 Å². The number of ether oxygens (including phenoxy) is 2. The molecule has 6 aromatic carbocycles. The van der Waals surface area contributed by atoms with Gasteiger partial charge in [-0.15, -0.1) is 0 Å². The van der Waals surface area contributed by atoms with Gasteiger partial charge in [0.15, 0.2) is 23.0 Å². The van der Waals surface area contributed by atoms with E-state index in [4.69, 9.17) is 9.47 Å². The smallest absolute Gasteiger partial charge is 0.155 e. The Morgan fingerprint density at radius 1 is 0.425 bits per heavy atom. The Kier molecular flexibility index (Phi) is 4.30. The van der Waals surface area contributed by atoms with Crippen molar-refractivity contribution in [1.29, 1.82) is 0 Å². The summed E-state index contributed by atoms with van der Waals surface area (Å²) in [6, 6.07) is 46.5. The Balaban J connectivity index is 1.14. The monoisotopic (exact) mass is 514 g/mol. The highest BCUT2D eigenvalue weighted by molar-refractivity contribution is 6.09. The minimum absolute atomic E-state index is 0.790. The minimum Gasteiger partial charge on any atom is -0.453 e. The first kappa shape index (κ1) is 21.5. The van der Waals surface area contributed by atoms with Crippen LogP contribution in [-0.2, 0) is 0 Å². The number of hydrogen-bond donors (Lipinski definition) is 0. The Labute approximate surface area is 230 Å². The highest BCUT2D eigenvalue weighted by atomic mass is 16.5. The molecule has 4 nitrogen and oxygen atoms in total. The van der Waals surface area contributed by atoms with Crippen LogP contribution in [-0.4, -0.2) is 4.57 Å². The predicted octanol–water partition coefficient (Wildman–Crippen LogP) is 10.1. The Morgan fingerprint density at radius 3 is 1.75 bits per heavy atom. The summed E-state index contributed by atoms with van der Waals surface area (Å²) in [4.78, 5) is 2.25. The highest BCUT2D eigenvalue weighted by Crippen LogP contribution is 2.59. The van der Waals surface area contributed by atoms with Crippen molar-refractivity contribution in [3.8, 4) is 39.8 Å². The average Bonchev–Trinajstić information content (AvgIpc) is 3.35. The molecule has 4 heteroatoms. The number of benzene rings is 6. The van der Waals surface area contributed by atoms with Gasteiger partial charge in [-0.1, -0.05) is 72.8 Å². The third-order valence-corrected chi connectivity index (χ3v) is 7.97. The molecule has 1 aromatic heterocycles. The fourth-order valence-electron chi connectivity index (χ4n) is 6.19. The minimum atomic E-state index is 0.790. The van der Waals surface area contributed by atoms with E-state index < -0.39 is 0 Å². The van der Waals surface area contributed by atoms with Crippen LogP contribution in [0.4, 0.5) is 17.1 Å². The maximum Gasteiger partial charge on any atom is 0.155 e. The Bertz CT molecular complexity index is 2070. The molecule has 0 saturated heterocycles. The number of fused-ring (bicyclic) bond motifs is 7. The molecule has 2 aliphatic rings. The highest BCUT2D eigenvalue weighted by Gasteiger charge is 2.34. The van der Waals surface area contributed by atoms with Crippen LogP contribution in [0, 0.1) is 0 Å². The summed E-state index contributed by atoms with van der Waals surface area (Å²) in [5.74, 6) is 3.25. The molecular weight excluding hydrogens is 492 g/mol. The van der Waals surface area contributed by atoms with Crippen LogP contribution in [0.3, 0.4) is 0 Å². The van der Waals surface area contributed by atoms with Crippen LogP contribution in [0.25, 0.3) is 38.6 Å². The Morgan fingerprint density at radius 2 is 1.00 bits per heavy atom. The van der Waals surface area contributed by atoms with Gasteiger partial charge >= 0.3 is 0 Å². The number of aromatic nitrogens is 1. The summed E-state index contributed by atoms with van der Waals surface area (Å²) in [5.41, 5.74) is 8.76. The molecule has 0 bridgehead atoms. The molecule has 0 amide bonds. The van der Waals surface area contributed by atoms with E-state index in [1.54, 1.807) is 0 Å². The van der Waals surface area contributed by atoms with Gasteiger partial charge in [0.25, 0.3) is 0 Å². The maximum absolute atomic E-state index is 6.45. The second-order valence-electron chi connectivity index (χ2n) is 10.2. The first-order valence-electron chi connectivity index (χ1n) is 13.4. The Hall–Kier alpha value is -5.48. The van der Waals surface area contributed by atoms with Gasteiger partial charge in [0.2, 0.25) is 0 Å². The van der Waals surface area contributed by atoms with Gasteiger partial charge in [0, 0.05) is 16.5 Å². The second kappa shape index (κ2) is 8.01. The molecule has 2 aliphatic heterocycles. The van der Waals surface area contributed by atoms with Crippen LogP contribution in [0.2, 0.25) is 0 Å². The lowest BCUT2D eigenvalue weighted by atomic mass is 10.0. The predicted molar refractivity (Wildman–Crippen MR) is 161 cm³/mol. The fourth-order valence-corrected chi connectivity index (χ4v) is 6.19. The fraction of sp³-hybridized carbons (Fsp3) is 0. The zero-order valence-corrected chi connectivity index (χ0v) is 21.4. The molecule has 188 valence electrons. The van der Waals surface area contributed by atoms with E-state index in [-0.39, 0.29) is 0 Å². The third-order valence-electron chi connectivity index (χ3n) is 7.97. The van der Waals surface area contributed by atoms with Gasteiger partial charge in [-0.3, -0.25) is 4.90 Å². The van der Waals surface area contributed by atoms with Crippen molar-refractivity contribution < 1.29 is 9.47 Å². The zero-order chi connectivity index (χ0) is 26.2. The number of rotatable bonds is 2. The summed E-state index contributed by atoms with van der Waals surface area (Å²) < 4.78 is 15.0. The van der Waals surface area contributed by atoms with Crippen molar-refractivity contribution in [2.24, 2.45) is 0 Å². The van der Waals surface area contributed by atoms with Crippen LogP contribution in [0.5, 0.6) is 23.0 Å². The van der Waals surface area contributed by atoms with Crippen LogP contribution >= 0.6 is 0 Å². The zero-order valence-electron chi connectivity index (χ0n) is 21.4. The van der Waals surface area contributed by atoms with E-state index in [0.29, 0.717) is 0 Å². The summed E-state index contributed by atoms with van der Waals surface area (Å²) >= 11 is 0. The van der Waals surface area contributed by atoms with Crippen molar-refractivity contribution in [3.63, 3.8) is 0 Å². The molecule has 0 radical (unpaired) electrons. The number of hydrogen-bond acceptors (Lipinski definition) is 3. The average molecular weight is 515 g/mol. The molecule has 0 N–H and O–H groups in total. The van der Waals surface area contributed by atoms with Gasteiger partial charge in [-0.05, 0) is 71.8 Å². The lowest BCUT2D eigenvalue weighted by Gasteiger charge is -2.37. The second-order valence-corrected chi connectivity index (χ2v) is 10.2.